The molecule has 0 atom stereocenters. The Morgan fingerprint density at radius 2 is 1.12 bits per heavy atom. The Hall–Kier alpha value is -2.37. The topological polar surface area (TPSA) is 69.7 Å². The molecule has 3 N–H and O–H groups in total. The van der Waals surface area contributed by atoms with Crippen LogP contribution in [0.3, 0.4) is 0 Å². The van der Waals surface area contributed by atoms with Crippen molar-refractivity contribution in [3.8, 4) is 0 Å². The second kappa shape index (κ2) is 7.25. The molecule has 0 fully saturated rings. The predicted octanol–water partition coefficient (Wildman–Crippen LogP) is 2.81. The van der Waals surface area contributed by atoms with E-state index in [-0.39, 0.29) is 0 Å². The molecule has 1 aromatic carbocycles. The first-order chi connectivity index (χ1) is 11.3. The molecule has 0 bridgehead atoms. The Morgan fingerprint density at radius 3 is 1.60 bits per heavy atom. The highest BCUT2D eigenvalue weighted by atomic mass is 16.5. The van der Waals surface area contributed by atoms with Gasteiger partial charge in [-0.2, -0.15) is 0 Å². The van der Waals surface area contributed by atoms with Gasteiger partial charge >= 0.3 is 0 Å². The molecule has 0 saturated heterocycles. The molecule has 0 radical (unpaired) electrons. The van der Waals surface area contributed by atoms with E-state index in [1.807, 2.05) is 51.1 Å². The molecule has 138 valence electrons. The molecular formula is C19H32N3O3+3. The molecule has 0 aliphatic carbocycles. The van der Waals surface area contributed by atoms with Crippen LogP contribution in [0.1, 0.15) is 54.0 Å². The maximum atomic E-state index is 10.5. The summed E-state index contributed by atoms with van der Waals surface area (Å²) in [6, 6.07) is 9.42. The molecule has 1 rings (SSSR count). The zero-order valence-electron chi connectivity index (χ0n) is 16.3. The average molecular weight is 350 g/mol. The molecule has 0 heterocycles. The van der Waals surface area contributed by atoms with Crippen molar-refractivity contribution in [1.29, 1.82) is 0 Å². The van der Waals surface area contributed by atoms with Crippen LogP contribution in [-0.4, -0.2) is 65.1 Å². The van der Waals surface area contributed by atoms with Crippen LogP contribution in [0, 0.1) is 0 Å². The summed E-state index contributed by atoms with van der Waals surface area (Å²) in [6.07, 6.45) is 4.62. The number of nitrogens with zero attached hydrogens (tertiary/aromatic N) is 3. The van der Waals surface area contributed by atoms with Crippen LogP contribution in [0.4, 0.5) is 0 Å². The van der Waals surface area contributed by atoms with Crippen LogP contribution in [0.15, 0.2) is 30.3 Å². The van der Waals surface area contributed by atoms with Crippen molar-refractivity contribution in [2.45, 2.75) is 65.1 Å². The molecule has 0 aliphatic rings. The highest BCUT2D eigenvalue weighted by Gasteiger charge is 2.43. The molecule has 0 aromatic heterocycles. The van der Waals surface area contributed by atoms with Crippen molar-refractivity contribution < 1.29 is 29.8 Å². The van der Waals surface area contributed by atoms with Crippen molar-refractivity contribution in [3.05, 3.63) is 35.9 Å². The van der Waals surface area contributed by atoms with E-state index in [1.165, 1.54) is 12.4 Å². The minimum absolute atomic E-state index is 0.488. The molecule has 0 spiro atoms. The van der Waals surface area contributed by atoms with Gasteiger partial charge in [-0.05, 0) is 26.3 Å². The summed E-state index contributed by atoms with van der Waals surface area (Å²) in [7, 11) is 0. The average Bonchev–Trinajstić information content (AvgIpc) is 2.46. The molecule has 6 nitrogen and oxygen atoms in total. The lowest BCUT2D eigenvalue weighted by Gasteiger charge is -2.15. The summed E-state index contributed by atoms with van der Waals surface area (Å²) in [5.74, 6) is 0. The van der Waals surface area contributed by atoms with Gasteiger partial charge in [0.05, 0.1) is 0 Å². The lowest BCUT2D eigenvalue weighted by atomic mass is 10.0. The quantitative estimate of drug-likeness (QED) is 0.331. The Morgan fingerprint density at radius 1 is 0.680 bits per heavy atom. The zero-order valence-corrected chi connectivity index (χ0v) is 16.3. The third kappa shape index (κ3) is 5.89. The Labute approximate surface area is 150 Å². The van der Waals surface area contributed by atoms with Crippen molar-refractivity contribution in [3.63, 3.8) is 0 Å². The SMILES string of the molecule is CC(C)(C)[N+](O)=CC(C)(C)[N+](O)=CC(C)(C)[N+](O)=Cc1ccccc1. The third-order valence-corrected chi connectivity index (χ3v) is 3.82. The number of hydroxylamine groups is 3. The van der Waals surface area contributed by atoms with Crippen LogP contribution in [-0.2, 0) is 0 Å². The summed E-state index contributed by atoms with van der Waals surface area (Å²) in [5, 5.41) is 31.0. The lowest BCUT2D eigenvalue weighted by Crippen LogP contribution is -2.48. The molecular weight excluding hydrogens is 318 g/mol. The Bertz CT molecular complexity index is 682. The summed E-state index contributed by atoms with van der Waals surface area (Å²) in [6.45, 7) is 12.6. The summed E-state index contributed by atoms with van der Waals surface area (Å²) < 4.78 is 3.11. The van der Waals surface area contributed by atoms with Gasteiger partial charge in [0, 0.05) is 54.0 Å². The van der Waals surface area contributed by atoms with E-state index in [2.05, 4.69) is 0 Å². The predicted molar refractivity (Wildman–Crippen MR) is 97.8 cm³/mol. The van der Waals surface area contributed by atoms with E-state index < -0.39 is 16.6 Å². The summed E-state index contributed by atoms with van der Waals surface area (Å²) in [5.41, 5.74) is -1.40. The van der Waals surface area contributed by atoms with Gasteiger partial charge in [0.15, 0.2) is 0 Å². The van der Waals surface area contributed by atoms with Crippen LogP contribution in [0.25, 0.3) is 0 Å². The minimum atomic E-state index is -0.882. The van der Waals surface area contributed by atoms with E-state index in [0.29, 0.717) is 0 Å². The second-order valence-corrected chi connectivity index (χ2v) is 8.31. The first-order valence-electron chi connectivity index (χ1n) is 8.32. The van der Waals surface area contributed by atoms with Gasteiger partial charge in [0.1, 0.15) is 0 Å². The fraction of sp³-hybridized carbons (Fsp3) is 0.526. The van der Waals surface area contributed by atoms with E-state index in [4.69, 9.17) is 0 Å². The highest BCUT2D eigenvalue weighted by Crippen LogP contribution is 2.11. The van der Waals surface area contributed by atoms with Crippen molar-refractivity contribution >= 4 is 18.6 Å². The molecule has 0 saturated carbocycles. The standard InChI is InChI=1S/C19H32N3O3/c1-17(2,3)21(24)14-19(6,7)22(25)15-18(4,5)20(23)13-16-11-9-8-10-12-16/h8-15,23-25H,1-7H3/q+3. The zero-order chi connectivity index (χ0) is 19.5. The molecule has 0 amide bonds. The largest absolute Gasteiger partial charge is 0.290 e. The first kappa shape index (κ1) is 20.7. The van der Waals surface area contributed by atoms with Gasteiger partial charge in [-0.25, -0.2) is 0 Å². The maximum absolute atomic E-state index is 10.5. The lowest BCUT2D eigenvalue weighted by molar-refractivity contribution is -0.848. The van der Waals surface area contributed by atoms with Crippen LogP contribution in [0.2, 0.25) is 0 Å². The van der Waals surface area contributed by atoms with E-state index in [9.17, 15) is 15.6 Å². The molecule has 0 unspecified atom stereocenters. The van der Waals surface area contributed by atoms with E-state index in [0.717, 1.165) is 19.8 Å². The maximum Gasteiger partial charge on any atom is 0.284 e. The smallest absolute Gasteiger partial charge is 0.284 e. The van der Waals surface area contributed by atoms with Crippen LogP contribution < -0.4 is 0 Å². The molecule has 25 heavy (non-hydrogen) atoms. The number of benzene rings is 1. The van der Waals surface area contributed by atoms with Crippen LogP contribution >= 0.6 is 0 Å². The second-order valence-electron chi connectivity index (χ2n) is 8.31. The fourth-order valence-corrected chi connectivity index (χ4v) is 1.92. The normalized spacial score (nSPS) is 15.4. The number of rotatable bonds is 5. The molecule has 1 aromatic rings. The van der Waals surface area contributed by atoms with Gasteiger partial charge in [-0.15, -0.1) is 0 Å². The van der Waals surface area contributed by atoms with Gasteiger partial charge in [-0.3, -0.25) is 15.6 Å². The van der Waals surface area contributed by atoms with Crippen molar-refractivity contribution in [2.75, 3.05) is 0 Å². The molecule has 6 heteroatoms. The Kier molecular flexibility index (Phi) is 6.00. The first-order valence-corrected chi connectivity index (χ1v) is 8.32. The fourth-order valence-electron chi connectivity index (χ4n) is 1.92. The van der Waals surface area contributed by atoms with Gasteiger partial charge in [-0.1, -0.05) is 18.2 Å². The molecule has 0 aliphatic heterocycles. The van der Waals surface area contributed by atoms with E-state index >= 15 is 0 Å². The highest BCUT2D eigenvalue weighted by molar-refractivity contribution is 5.76. The van der Waals surface area contributed by atoms with E-state index in [1.54, 1.807) is 33.9 Å². The van der Waals surface area contributed by atoms with Crippen molar-refractivity contribution in [1.82, 2.24) is 0 Å². The van der Waals surface area contributed by atoms with Crippen molar-refractivity contribution in [2.24, 2.45) is 0 Å². The number of hydrogen-bond donors (Lipinski definition) is 3. The summed E-state index contributed by atoms with van der Waals surface area (Å²) >= 11 is 0. The van der Waals surface area contributed by atoms with Gasteiger partial charge in [0.2, 0.25) is 11.8 Å². The third-order valence-electron chi connectivity index (χ3n) is 3.82. The van der Waals surface area contributed by atoms with Crippen LogP contribution in [0.5, 0.6) is 0 Å². The minimum Gasteiger partial charge on any atom is -0.290 e. The van der Waals surface area contributed by atoms with Gasteiger partial charge in [0.25, 0.3) is 23.5 Å². The van der Waals surface area contributed by atoms with Gasteiger partial charge < -0.3 is 0 Å². The number of hydrogen-bond acceptors (Lipinski definition) is 3. The Balaban J connectivity index is 3.15. The summed E-state index contributed by atoms with van der Waals surface area (Å²) in [4.78, 5) is 0. The monoisotopic (exact) mass is 350 g/mol.